The zero-order valence-corrected chi connectivity index (χ0v) is 16.5. The first kappa shape index (κ1) is 19.1. The SMILES string of the molecule is CC(C)C(NC(=O)CN(C)Cc1cc(Br)cs1)c1ccc(F)cc1. The standard InChI is InChI=1S/C18H22BrFN2OS/c1-12(2)18(13-4-6-15(20)7-5-13)21-17(23)10-22(3)9-16-8-14(19)11-24-16/h4-8,11-12,18H,9-10H2,1-3H3,(H,21,23). The fourth-order valence-corrected chi connectivity index (χ4v) is 4.06. The van der Waals surface area contributed by atoms with E-state index >= 15 is 0 Å². The van der Waals surface area contributed by atoms with Crippen molar-refractivity contribution < 1.29 is 9.18 Å². The fraction of sp³-hybridized carbons (Fsp3) is 0.389. The Bertz CT molecular complexity index is 672. The highest BCUT2D eigenvalue weighted by Crippen LogP contribution is 2.22. The van der Waals surface area contributed by atoms with Crippen molar-refractivity contribution in [2.24, 2.45) is 5.92 Å². The largest absolute Gasteiger partial charge is 0.348 e. The second-order valence-electron chi connectivity index (χ2n) is 6.24. The Morgan fingerprint density at radius 3 is 2.54 bits per heavy atom. The topological polar surface area (TPSA) is 32.3 Å². The second kappa shape index (κ2) is 8.74. The van der Waals surface area contributed by atoms with Gasteiger partial charge in [0.1, 0.15) is 5.82 Å². The van der Waals surface area contributed by atoms with E-state index in [4.69, 9.17) is 0 Å². The molecule has 3 nitrogen and oxygen atoms in total. The Balaban J connectivity index is 1.94. The summed E-state index contributed by atoms with van der Waals surface area (Å²) in [5, 5.41) is 5.10. The number of likely N-dealkylation sites (N-methyl/N-ethyl adjacent to an activating group) is 1. The molecule has 1 amide bonds. The van der Waals surface area contributed by atoms with Gasteiger partial charge in [-0.15, -0.1) is 11.3 Å². The van der Waals surface area contributed by atoms with Crippen molar-refractivity contribution in [1.29, 1.82) is 0 Å². The minimum Gasteiger partial charge on any atom is -0.348 e. The molecule has 0 bridgehead atoms. The van der Waals surface area contributed by atoms with Crippen LogP contribution < -0.4 is 5.32 Å². The van der Waals surface area contributed by atoms with E-state index in [1.54, 1.807) is 23.5 Å². The number of hydrogen-bond acceptors (Lipinski definition) is 3. The van der Waals surface area contributed by atoms with Crippen LogP contribution >= 0.6 is 27.3 Å². The summed E-state index contributed by atoms with van der Waals surface area (Å²) >= 11 is 5.10. The van der Waals surface area contributed by atoms with E-state index in [1.165, 1.54) is 17.0 Å². The number of amides is 1. The monoisotopic (exact) mass is 412 g/mol. The van der Waals surface area contributed by atoms with Crippen LogP contribution in [-0.2, 0) is 11.3 Å². The first-order valence-electron chi connectivity index (χ1n) is 7.81. The van der Waals surface area contributed by atoms with Gasteiger partial charge < -0.3 is 5.32 Å². The van der Waals surface area contributed by atoms with E-state index in [1.807, 2.05) is 31.2 Å². The molecular formula is C18H22BrFN2OS. The second-order valence-corrected chi connectivity index (χ2v) is 8.16. The average Bonchev–Trinajstić information content (AvgIpc) is 2.90. The lowest BCUT2D eigenvalue weighted by atomic mass is 9.96. The molecule has 0 fully saturated rings. The maximum atomic E-state index is 13.1. The fourth-order valence-electron chi connectivity index (χ4n) is 2.53. The van der Waals surface area contributed by atoms with Crippen LogP contribution in [0.4, 0.5) is 4.39 Å². The van der Waals surface area contributed by atoms with Crippen LogP contribution in [0, 0.1) is 11.7 Å². The highest BCUT2D eigenvalue weighted by molar-refractivity contribution is 9.10. The molecule has 1 atom stereocenters. The smallest absolute Gasteiger partial charge is 0.234 e. The van der Waals surface area contributed by atoms with Crippen molar-refractivity contribution in [3.8, 4) is 0 Å². The molecule has 0 aliphatic carbocycles. The summed E-state index contributed by atoms with van der Waals surface area (Å²) in [4.78, 5) is 15.6. The molecule has 0 spiro atoms. The molecule has 1 unspecified atom stereocenters. The molecule has 0 aliphatic rings. The number of carbonyl (C=O) groups excluding carboxylic acids is 1. The van der Waals surface area contributed by atoms with Crippen LogP contribution in [0.1, 0.15) is 30.3 Å². The molecule has 0 aliphatic heterocycles. The molecule has 2 aromatic rings. The van der Waals surface area contributed by atoms with Crippen molar-refractivity contribution in [3.63, 3.8) is 0 Å². The van der Waals surface area contributed by atoms with E-state index in [0.29, 0.717) is 6.54 Å². The summed E-state index contributed by atoms with van der Waals surface area (Å²) in [6, 6.07) is 8.26. The zero-order valence-electron chi connectivity index (χ0n) is 14.1. The quantitative estimate of drug-likeness (QED) is 0.720. The number of halogens is 2. The summed E-state index contributed by atoms with van der Waals surface area (Å²) in [5.74, 6) is -0.0801. The molecule has 1 heterocycles. The van der Waals surface area contributed by atoms with Crippen molar-refractivity contribution in [1.82, 2.24) is 10.2 Å². The molecule has 24 heavy (non-hydrogen) atoms. The first-order chi connectivity index (χ1) is 11.3. The van der Waals surface area contributed by atoms with Crippen molar-refractivity contribution in [2.45, 2.75) is 26.4 Å². The Kier molecular flexibility index (Phi) is 6.95. The van der Waals surface area contributed by atoms with Crippen LogP contribution in [0.25, 0.3) is 0 Å². The Morgan fingerprint density at radius 2 is 2.00 bits per heavy atom. The number of benzene rings is 1. The molecule has 0 saturated heterocycles. The molecule has 0 radical (unpaired) electrons. The van der Waals surface area contributed by atoms with E-state index in [2.05, 4.69) is 27.3 Å². The molecular weight excluding hydrogens is 391 g/mol. The molecule has 1 aromatic heterocycles. The van der Waals surface area contributed by atoms with Crippen molar-refractivity contribution in [2.75, 3.05) is 13.6 Å². The van der Waals surface area contributed by atoms with E-state index < -0.39 is 0 Å². The predicted octanol–water partition coefficient (Wildman–Crippen LogP) is 4.60. The van der Waals surface area contributed by atoms with Gasteiger partial charge in [-0.25, -0.2) is 4.39 Å². The minimum absolute atomic E-state index is 0.0313. The van der Waals surface area contributed by atoms with Gasteiger partial charge in [-0.2, -0.15) is 0 Å². The van der Waals surface area contributed by atoms with E-state index in [-0.39, 0.29) is 23.7 Å². The third-order valence-corrected chi connectivity index (χ3v) is 5.36. The molecule has 2 rings (SSSR count). The Labute approximate surface area is 155 Å². The molecule has 1 N–H and O–H groups in total. The van der Waals surface area contributed by atoms with Crippen molar-refractivity contribution in [3.05, 3.63) is 56.4 Å². The van der Waals surface area contributed by atoms with Gasteiger partial charge in [0.15, 0.2) is 0 Å². The number of thiophene rings is 1. The maximum absolute atomic E-state index is 13.1. The van der Waals surface area contributed by atoms with Gasteiger partial charge in [0, 0.05) is 21.3 Å². The lowest BCUT2D eigenvalue weighted by molar-refractivity contribution is -0.123. The Hall–Kier alpha value is -1.24. The highest BCUT2D eigenvalue weighted by Gasteiger charge is 2.19. The van der Waals surface area contributed by atoms with Crippen LogP contribution in [0.5, 0.6) is 0 Å². The number of hydrogen-bond donors (Lipinski definition) is 1. The summed E-state index contributed by atoms with van der Waals surface area (Å²) in [6.45, 7) is 5.13. The summed E-state index contributed by atoms with van der Waals surface area (Å²) in [6.07, 6.45) is 0. The van der Waals surface area contributed by atoms with Crippen LogP contribution in [0.2, 0.25) is 0 Å². The van der Waals surface area contributed by atoms with Gasteiger partial charge in [-0.05, 0) is 52.7 Å². The lowest BCUT2D eigenvalue weighted by Gasteiger charge is -2.24. The zero-order chi connectivity index (χ0) is 17.7. The normalized spacial score (nSPS) is 12.6. The van der Waals surface area contributed by atoms with Gasteiger partial charge in [-0.1, -0.05) is 26.0 Å². The van der Waals surface area contributed by atoms with Gasteiger partial charge in [-0.3, -0.25) is 9.69 Å². The van der Waals surface area contributed by atoms with Gasteiger partial charge >= 0.3 is 0 Å². The van der Waals surface area contributed by atoms with Gasteiger partial charge in [0.25, 0.3) is 0 Å². The average molecular weight is 413 g/mol. The Morgan fingerprint density at radius 1 is 1.33 bits per heavy atom. The molecule has 6 heteroatoms. The first-order valence-corrected chi connectivity index (χ1v) is 9.48. The van der Waals surface area contributed by atoms with Crippen molar-refractivity contribution >= 4 is 33.2 Å². The summed E-state index contributed by atoms with van der Waals surface area (Å²) in [7, 11) is 1.93. The minimum atomic E-state index is -0.269. The van der Waals surface area contributed by atoms with Crippen LogP contribution in [0.3, 0.4) is 0 Å². The third-order valence-electron chi connectivity index (χ3n) is 3.67. The highest BCUT2D eigenvalue weighted by atomic mass is 79.9. The predicted molar refractivity (Wildman–Crippen MR) is 100 cm³/mol. The number of nitrogens with one attached hydrogen (secondary N) is 1. The van der Waals surface area contributed by atoms with E-state index in [0.717, 1.165) is 16.6 Å². The summed E-state index contributed by atoms with van der Waals surface area (Å²) in [5.41, 5.74) is 0.921. The number of rotatable bonds is 7. The lowest BCUT2D eigenvalue weighted by Crippen LogP contribution is -2.38. The number of carbonyl (C=O) groups is 1. The maximum Gasteiger partial charge on any atom is 0.234 e. The van der Waals surface area contributed by atoms with E-state index in [9.17, 15) is 9.18 Å². The molecule has 0 saturated carbocycles. The third kappa shape index (κ3) is 5.69. The van der Waals surface area contributed by atoms with Gasteiger partial charge in [0.2, 0.25) is 5.91 Å². The number of nitrogens with zero attached hydrogens (tertiary/aromatic N) is 1. The van der Waals surface area contributed by atoms with Crippen LogP contribution in [-0.4, -0.2) is 24.4 Å². The van der Waals surface area contributed by atoms with Crippen LogP contribution in [0.15, 0.2) is 40.2 Å². The molecule has 130 valence electrons. The summed E-state index contributed by atoms with van der Waals surface area (Å²) < 4.78 is 14.2. The molecule has 1 aromatic carbocycles. The van der Waals surface area contributed by atoms with Gasteiger partial charge in [0.05, 0.1) is 12.6 Å².